The Hall–Kier alpha value is -0.790. The van der Waals surface area contributed by atoms with Gasteiger partial charge in [0.2, 0.25) is 10.0 Å². The van der Waals surface area contributed by atoms with Gasteiger partial charge in [-0.2, -0.15) is 0 Å². The molecule has 0 bridgehead atoms. The van der Waals surface area contributed by atoms with Crippen LogP contribution in [0.5, 0.6) is 0 Å². The van der Waals surface area contributed by atoms with Crippen molar-refractivity contribution in [1.82, 2.24) is 4.72 Å². The maximum Gasteiger partial charge on any atom is 0.240 e. The number of rotatable bonds is 3. The number of sulfonamides is 1. The van der Waals surface area contributed by atoms with E-state index in [1.807, 2.05) is 0 Å². The largest absolute Gasteiger partial charge is 0.260 e. The van der Waals surface area contributed by atoms with Gasteiger partial charge in [0.15, 0.2) is 0 Å². The second-order valence-electron chi connectivity index (χ2n) is 4.20. The van der Waals surface area contributed by atoms with E-state index in [4.69, 9.17) is 0 Å². The summed E-state index contributed by atoms with van der Waals surface area (Å²) in [6, 6.07) is 4.52. The van der Waals surface area contributed by atoms with Crippen LogP contribution in [0.1, 0.15) is 12.8 Å². The van der Waals surface area contributed by atoms with E-state index in [9.17, 15) is 17.0 Å². The summed E-state index contributed by atoms with van der Waals surface area (Å²) >= 11 is 0. The molecular weight excluding hydrogens is 277 g/mol. The molecule has 1 aromatic carbocycles. The summed E-state index contributed by atoms with van der Waals surface area (Å²) < 4.78 is 50.4. The molecule has 0 spiro atoms. The predicted octanol–water partition coefficient (Wildman–Crippen LogP) is 1.02. The third-order valence-corrected chi connectivity index (χ3v) is 5.75. The fourth-order valence-corrected chi connectivity index (χ4v) is 4.42. The number of benzene rings is 1. The number of nitrogens with one attached hydrogen (secondary N) is 1. The highest BCUT2D eigenvalue weighted by Gasteiger charge is 2.23. The zero-order valence-corrected chi connectivity index (χ0v) is 11.3. The summed E-state index contributed by atoms with van der Waals surface area (Å²) in [5.74, 6) is 0.578. The summed E-state index contributed by atoms with van der Waals surface area (Å²) in [6.45, 7) is 0. The smallest absolute Gasteiger partial charge is 0.240 e. The molecule has 1 aliphatic rings. The molecule has 0 atom stereocenters. The zero-order valence-electron chi connectivity index (χ0n) is 9.63. The summed E-state index contributed by atoms with van der Waals surface area (Å²) in [5.41, 5.74) is 0. The highest BCUT2D eigenvalue weighted by molar-refractivity contribution is 7.89. The standard InChI is InChI=1S/C11H14FNO3S2/c12-9-1-3-11(4-2-9)18(15,16)13-10-5-7-17(14)8-6-10/h1-4,10,13H,5-8H2. The van der Waals surface area contributed by atoms with E-state index in [-0.39, 0.29) is 10.9 Å². The number of halogens is 1. The molecule has 1 aliphatic heterocycles. The van der Waals surface area contributed by atoms with Crippen LogP contribution >= 0.6 is 0 Å². The van der Waals surface area contributed by atoms with Crippen LogP contribution in [-0.2, 0) is 20.8 Å². The zero-order chi connectivity index (χ0) is 13.2. The Morgan fingerprint density at radius 1 is 1.17 bits per heavy atom. The first-order valence-corrected chi connectivity index (χ1v) is 8.57. The first kappa shape index (κ1) is 13.6. The highest BCUT2D eigenvalue weighted by atomic mass is 32.2. The van der Waals surface area contributed by atoms with Crippen molar-refractivity contribution in [1.29, 1.82) is 0 Å². The molecular formula is C11H14FNO3S2. The minimum Gasteiger partial charge on any atom is -0.260 e. The molecule has 0 saturated carbocycles. The minimum atomic E-state index is -3.61. The van der Waals surface area contributed by atoms with E-state index >= 15 is 0 Å². The van der Waals surface area contributed by atoms with Crippen molar-refractivity contribution >= 4 is 20.8 Å². The second-order valence-corrected chi connectivity index (χ2v) is 7.61. The predicted molar refractivity (Wildman–Crippen MR) is 67.6 cm³/mol. The lowest BCUT2D eigenvalue weighted by Gasteiger charge is -2.22. The quantitative estimate of drug-likeness (QED) is 0.904. The van der Waals surface area contributed by atoms with Gasteiger partial charge >= 0.3 is 0 Å². The van der Waals surface area contributed by atoms with E-state index in [2.05, 4.69) is 4.72 Å². The van der Waals surface area contributed by atoms with Gasteiger partial charge in [0.25, 0.3) is 0 Å². The molecule has 1 fully saturated rings. The SMILES string of the molecule is O=S1CCC(NS(=O)(=O)c2ccc(F)cc2)CC1. The molecule has 18 heavy (non-hydrogen) atoms. The van der Waals surface area contributed by atoms with Crippen LogP contribution in [0.4, 0.5) is 4.39 Å². The first-order chi connectivity index (χ1) is 8.47. The Balaban J connectivity index is 2.07. The summed E-state index contributed by atoms with van der Waals surface area (Å²) in [4.78, 5) is 0.0515. The van der Waals surface area contributed by atoms with E-state index in [1.165, 1.54) is 12.1 Å². The fourth-order valence-electron chi connectivity index (χ4n) is 1.81. The third kappa shape index (κ3) is 3.37. The van der Waals surface area contributed by atoms with Crippen LogP contribution < -0.4 is 4.72 Å². The maximum absolute atomic E-state index is 12.7. The van der Waals surface area contributed by atoms with Gasteiger partial charge in [-0.25, -0.2) is 17.5 Å². The molecule has 0 aliphatic carbocycles. The van der Waals surface area contributed by atoms with Gasteiger partial charge in [0.1, 0.15) is 5.82 Å². The minimum absolute atomic E-state index is 0.0515. The van der Waals surface area contributed by atoms with Gasteiger partial charge in [-0.05, 0) is 37.1 Å². The Bertz CT molecular complexity index is 532. The van der Waals surface area contributed by atoms with Gasteiger partial charge < -0.3 is 0 Å². The van der Waals surface area contributed by atoms with Crippen LogP contribution in [0, 0.1) is 5.82 Å². The summed E-state index contributed by atoms with van der Waals surface area (Å²) in [5, 5.41) is 0. The van der Waals surface area contributed by atoms with Crippen molar-refractivity contribution in [2.75, 3.05) is 11.5 Å². The van der Waals surface area contributed by atoms with Crippen LogP contribution in [0.3, 0.4) is 0 Å². The number of hydrogen-bond acceptors (Lipinski definition) is 3. The van der Waals surface area contributed by atoms with Gasteiger partial charge in [-0.3, -0.25) is 4.21 Å². The molecule has 0 amide bonds. The van der Waals surface area contributed by atoms with Crippen molar-refractivity contribution in [3.8, 4) is 0 Å². The van der Waals surface area contributed by atoms with Crippen molar-refractivity contribution in [3.05, 3.63) is 30.1 Å². The maximum atomic E-state index is 12.7. The molecule has 1 aromatic rings. The van der Waals surface area contributed by atoms with E-state index in [0.717, 1.165) is 12.1 Å². The Labute approximate surface area is 108 Å². The third-order valence-electron chi connectivity index (χ3n) is 2.83. The molecule has 1 heterocycles. The van der Waals surface area contributed by atoms with Crippen LogP contribution in [0.25, 0.3) is 0 Å². The molecule has 1 saturated heterocycles. The Morgan fingerprint density at radius 3 is 2.28 bits per heavy atom. The van der Waals surface area contributed by atoms with Crippen LogP contribution in [0.2, 0.25) is 0 Å². The van der Waals surface area contributed by atoms with Gasteiger partial charge in [-0.1, -0.05) is 0 Å². The number of hydrogen-bond donors (Lipinski definition) is 1. The Kier molecular flexibility index (Phi) is 4.14. The van der Waals surface area contributed by atoms with Crippen molar-refractivity contribution < 1.29 is 17.0 Å². The summed E-state index contributed by atoms with van der Waals surface area (Å²) in [6.07, 6.45) is 1.15. The molecule has 1 N–H and O–H groups in total. The molecule has 100 valence electrons. The molecule has 0 aromatic heterocycles. The molecule has 2 rings (SSSR count). The van der Waals surface area contributed by atoms with Gasteiger partial charge in [0.05, 0.1) is 4.90 Å². The molecule has 4 nitrogen and oxygen atoms in total. The topological polar surface area (TPSA) is 63.2 Å². The van der Waals surface area contributed by atoms with E-state index in [0.29, 0.717) is 24.3 Å². The van der Waals surface area contributed by atoms with Crippen molar-refractivity contribution in [2.24, 2.45) is 0 Å². The average molecular weight is 291 g/mol. The average Bonchev–Trinajstić information content (AvgIpc) is 2.32. The first-order valence-electron chi connectivity index (χ1n) is 5.60. The lowest BCUT2D eigenvalue weighted by atomic mass is 10.2. The van der Waals surface area contributed by atoms with Crippen LogP contribution in [0.15, 0.2) is 29.2 Å². The lowest BCUT2D eigenvalue weighted by molar-refractivity contribution is 0.521. The van der Waals surface area contributed by atoms with E-state index in [1.54, 1.807) is 0 Å². The molecule has 0 radical (unpaired) electrons. The second kappa shape index (κ2) is 5.46. The molecule has 0 unspecified atom stereocenters. The van der Waals surface area contributed by atoms with Gasteiger partial charge in [-0.15, -0.1) is 0 Å². The van der Waals surface area contributed by atoms with Crippen molar-refractivity contribution in [2.45, 2.75) is 23.8 Å². The van der Waals surface area contributed by atoms with Crippen molar-refractivity contribution in [3.63, 3.8) is 0 Å². The van der Waals surface area contributed by atoms with E-state index < -0.39 is 26.6 Å². The lowest BCUT2D eigenvalue weighted by Crippen LogP contribution is -2.39. The molecule has 7 heteroatoms. The van der Waals surface area contributed by atoms with Gasteiger partial charge in [0, 0.05) is 28.3 Å². The highest BCUT2D eigenvalue weighted by Crippen LogP contribution is 2.15. The monoisotopic (exact) mass is 291 g/mol. The summed E-state index contributed by atoms with van der Waals surface area (Å²) in [7, 11) is -4.43. The Morgan fingerprint density at radius 2 is 1.72 bits per heavy atom. The fraction of sp³-hybridized carbons (Fsp3) is 0.455. The van der Waals surface area contributed by atoms with Crippen LogP contribution in [-0.4, -0.2) is 30.2 Å². The normalized spacial score (nSPS) is 24.9.